The van der Waals surface area contributed by atoms with E-state index in [1.165, 1.54) is 11.1 Å². The molecule has 4 heteroatoms. The number of piperidine rings is 1. The number of benzene rings is 2. The summed E-state index contributed by atoms with van der Waals surface area (Å²) in [7, 11) is 0. The van der Waals surface area contributed by atoms with E-state index in [0.29, 0.717) is 0 Å². The highest BCUT2D eigenvalue weighted by molar-refractivity contribution is 6.06. The molecule has 0 radical (unpaired) electrons. The Kier molecular flexibility index (Phi) is 6.11. The van der Waals surface area contributed by atoms with Crippen LogP contribution in [-0.4, -0.2) is 29.9 Å². The van der Waals surface area contributed by atoms with Crippen LogP contribution in [-0.2, 0) is 13.0 Å². The minimum Gasteiger partial charge on any atom is -0.472 e. The first kappa shape index (κ1) is 19.5. The predicted octanol–water partition coefficient (Wildman–Crippen LogP) is 5.15. The van der Waals surface area contributed by atoms with Gasteiger partial charge in [-0.15, -0.1) is 0 Å². The van der Waals surface area contributed by atoms with Gasteiger partial charge in [0.1, 0.15) is 0 Å². The summed E-state index contributed by atoms with van der Waals surface area (Å²) in [5.41, 5.74) is 4.23. The van der Waals surface area contributed by atoms with E-state index in [-0.39, 0.29) is 11.9 Å². The molecular weight excluding hydrogens is 360 g/mol. The van der Waals surface area contributed by atoms with Gasteiger partial charge in [0, 0.05) is 42.5 Å². The maximum atomic E-state index is 13.4. The number of hydrogen-bond acceptors (Lipinski definition) is 3. The molecule has 2 heterocycles. The zero-order valence-corrected chi connectivity index (χ0v) is 17.0. The van der Waals surface area contributed by atoms with Crippen LogP contribution in [0.25, 0.3) is 0 Å². The molecule has 4 rings (SSSR count). The average Bonchev–Trinajstić information content (AvgIpc) is 3.29. The molecule has 0 spiro atoms. The van der Waals surface area contributed by atoms with Crippen LogP contribution in [0.15, 0.2) is 77.6 Å². The SMILES string of the molecule is CCc1ccc(N(C(=O)c2ccccc2)C2CCN(Cc3ccoc3)CC2)cc1. The molecule has 1 aliphatic heterocycles. The van der Waals surface area contributed by atoms with Gasteiger partial charge in [0.15, 0.2) is 0 Å². The van der Waals surface area contributed by atoms with Crippen molar-refractivity contribution in [2.45, 2.75) is 38.8 Å². The van der Waals surface area contributed by atoms with Crippen LogP contribution in [0.1, 0.15) is 41.3 Å². The summed E-state index contributed by atoms with van der Waals surface area (Å²) in [6, 6.07) is 20.3. The third-order valence-corrected chi connectivity index (χ3v) is 5.77. The molecule has 1 amide bonds. The first-order valence-electron chi connectivity index (χ1n) is 10.5. The fourth-order valence-corrected chi connectivity index (χ4v) is 4.08. The molecule has 0 atom stereocenters. The van der Waals surface area contributed by atoms with Crippen molar-refractivity contribution >= 4 is 11.6 Å². The van der Waals surface area contributed by atoms with Gasteiger partial charge in [-0.25, -0.2) is 0 Å². The molecule has 0 aliphatic carbocycles. The van der Waals surface area contributed by atoms with Crippen LogP contribution in [0, 0.1) is 0 Å². The lowest BCUT2D eigenvalue weighted by Gasteiger charge is -2.38. The van der Waals surface area contributed by atoms with Crippen LogP contribution in [0.2, 0.25) is 0 Å². The third-order valence-electron chi connectivity index (χ3n) is 5.77. The highest BCUT2D eigenvalue weighted by Crippen LogP contribution is 2.27. The predicted molar refractivity (Wildman–Crippen MR) is 116 cm³/mol. The Bertz CT molecular complexity index is 896. The summed E-state index contributed by atoms with van der Waals surface area (Å²) in [5, 5.41) is 0. The molecular formula is C25H28N2O2. The van der Waals surface area contributed by atoms with Crippen LogP contribution in [0.5, 0.6) is 0 Å². The van der Waals surface area contributed by atoms with E-state index in [2.05, 4.69) is 36.1 Å². The summed E-state index contributed by atoms with van der Waals surface area (Å²) in [6.45, 7) is 5.00. The van der Waals surface area contributed by atoms with E-state index in [1.54, 1.807) is 6.26 Å². The van der Waals surface area contributed by atoms with E-state index < -0.39 is 0 Å². The summed E-state index contributed by atoms with van der Waals surface area (Å²) in [6.07, 6.45) is 6.46. The number of rotatable bonds is 6. The Morgan fingerprint density at radius 1 is 1.00 bits per heavy atom. The maximum absolute atomic E-state index is 13.4. The number of hydrogen-bond donors (Lipinski definition) is 0. The normalized spacial score (nSPS) is 15.3. The molecule has 1 aliphatic rings. The number of carbonyl (C=O) groups is 1. The summed E-state index contributed by atoms with van der Waals surface area (Å²) in [4.78, 5) is 17.9. The lowest BCUT2D eigenvalue weighted by molar-refractivity contribution is 0.0958. The first-order valence-corrected chi connectivity index (χ1v) is 10.5. The average molecular weight is 389 g/mol. The van der Waals surface area contributed by atoms with E-state index >= 15 is 0 Å². The van der Waals surface area contributed by atoms with Crippen molar-refractivity contribution in [3.63, 3.8) is 0 Å². The van der Waals surface area contributed by atoms with Gasteiger partial charge in [-0.3, -0.25) is 9.69 Å². The largest absolute Gasteiger partial charge is 0.472 e. The van der Waals surface area contributed by atoms with E-state index in [9.17, 15) is 4.79 Å². The van der Waals surface area contributed by atoms with Gasteiger partial charge in [-0.2, -0.15) is 0 Å². The van der Waals surface area contributed by atoms with Crippen LogP contribution < -0.4 is 4.90 Å². The summed E-state index contributed by atoms with van der Waals surface area (Å²) in [5.74, 6) is 0.0862. The maximum Gasteiger partial charge on any atom is 0.258 e. The smallest absolute Gasteiger partial charge is 0.258 e. The van der Waals surface area contributed by atoms with E-state index in [0.717, 1.165) is 50.1 Å². The van der Waals surface area contributed by atoms with Crippen molar-refractivity contribution in [1.82, 2.24) is 4.90 Å². The number of aryl methyl sites for hydroxylation is 1. The lowest BCUT2D eigenvalue weighted by Crippen LogP contribution is -2.47. The van der Waals surface area contributed by atoms with Gasteiger partial charge in [-0.1, -0.05) is 37.3 Å². The Morgan fingerprint density at radius 3 is 2.34 bits per heavy atom. The van der Waals surface area contributed by atoms with Gasteiger partial charge in [0.05, 0.1) is 12.5 Å². The molecule has 0 N–H and O–H groups in total. The topological polar surface area (TPSA) is 36.7 Å². The molecule has 29 heavy (non-hydrogen) atoms. The highest BCUT2D eigenvalue weighted by atomic mass is 16.3. The van der Waals surface area contributed by atoms with Crippen molar-refractivity contribution in [2.75, 3.05) is 18.0 Å². The first-order chi connectivity index (χ1) is 14.2. The second-order valence-electron chi connectivity index (χ2n) is 7.70. The van der Waals surface area contributed by atoms with Crippen molar-refractivity contribution in [3.8, 4) is 0 Å². The monoisotopic (exact) mass is 388 g/mol. The Balaban J connectivity index is 1.53. The number of anilines is 1. The highest BCUT2D eigenvalue weighted by Gasteiger charge is 2.30. The second-order valence-corrected chi connectivity index (χ2v) is 7.70. The molecule has 2 aromatic carbocycles. The Labute approximate surface area is 172 Å². The summed E-state index contributed by atoms with van der Waals surface area (Å²) >= 11 is 0. The minimum absolute atomic E-state index is 0.0862. The van der Waals surface area contributed by atoms with Crippen LogP contribution in [0.3, 0.4) is 0 Å². The zero-order chi connectivity index (χ0) is 20.1. The quantitative estimate of drug-likeness (QED) is 0.586. The van der Waals surface area contributed by atoms with Gasteiger partial charge >= 0.3 is 0 Å². The van der Waals surface area contributed by atoms with Crippen molar-refractivity contribution < 1.29 is 9.21 Å². The molecule has 0 saturated carbocycles. The number of carbonyl (C=O) groups excluding carboxylic acids is 1. The molecule has 3 aromatic rings. The van der Waals surface area contributed by atoms with Crippen LogP contribution >= 0.6 is 0 Å². The molecule has 1 saturated heterocycles. The molecule has 0 unspecified atom stereocenters. The van der Waals surface area contributed by atoms with Crippen molar-refractivity contribution in [2.24, 2.45) is 0 Å². The minimum atomic E-state index is 0.0862. The standard InChI is InChI=1S/C25H28N2O2/c1-2-20-8-10-23(11-9-20)27(25(28)22-6-4-3-5-7-22)24-12-15-26(16-13-24)18-21-14-17-29-19-21/h3-11,14,17,19,24H,2,12-13,15-16,18H2,1H3. The summed E-state index contributed by atoms with van der Waals surface area (Å²) < 4.78 is 5.19. The van der Waals surface area contributed by atoms with E-state index in [1.807, 2.05) is 47.6 Å². The lowest BCUT2D eigenvalue weighted by atomic mass is 10.00. The Morgan fingerprint density at radius 2 is 1.72 bits per heavy atom. The van der Waals surface area contributed by atoms with Gasteiger partial charge in [0.2, 0.25) is 0 Å². The van der Waals surface area contributed by atoms with Crippen molar-refractivity contribution in [1.29, 1.82) is 0 Å². The van der Waals surface area contributed by atoms with Gasteiger partial charge < -0.3 is 9.32 Å². The number of furan rings is 1. The number of nitrogens with zero attached hydrogens (tertiary/aromatic N) is 2. The Hall–Kier alpha value is -2.85. The molecule has 150 valence electrons. The fourth-order valence-electron chi connectivity index (χ4n) is 4.08. The number of likely N-dealkylation sites (tertiary alicyclic amines) is 1. The molecule has 1 aromatic heterocycles. The molecule has 1 fully saturated rings. The van der Waals surface area contributed by atoms with Crippen LogP contribution in [0.4, 0.5) is 5.69 Å². The molecule has 4 nitrogen and oxygen atoms in total. The second kappa shape index (κ2) is 9.10. The van der Waals surface area contributed by atoms with Gasteiger partial charge in [-0.05, 0) is 55.2 Å². The van der Waals surface area contributed by atoms with Crippen molar-refractivity contribution in [3.05, 3.63) is 89.9 Å². The van der Waals surface area contributed by atoms with E-state index in [4.69, 9.17) is 4.42 Å². The van der Waals surface area contributed by atoms with Gasteiger partial charge in [0.25, 0.3) is 5.91 Å². The number of amides is 1. The fraction of sp³-hybridized carbons (Fsp3) is 0.320. The zero-order valence-electron chi connectivity index (χ0n) is 17.0. The third kappa shape index (κ3) is 4.60. The molecule has 0 bridgehead atoms.